The van der Waals surface area contributed by atoms with Crippen molar-refractivity contribution in [2.75, 3.05) is 18.0 Å². The summed E-state index contributed by atoms with van der Waals surface area (Å²) in [6.07, 6.45) is 3.07. The van der Waals surface area contributed by atoms with Crippen LogP contribution in [0.2, 0.25) is 0 Å². The van der Waals surface area contributed by atoms with Crippen LogP contribution in [-0.4, -0.2) is 33.9 Å². The van der Waals surface area contributed by atoms with Gasteiger partial charge < -0.3 is 10.0 Å². The summed E-state index contributed by atoms with van der Waals surface area (Å²) in [7, 11) is 0. The molecule has 0 aliphatic carbocycles. The van der Waals surface area contributed by atoms with Crippen molar-refractivity contribution in [3.05, 3.63) is 39.8 Å². The molecule has 2 aromatic rings. The van der Waals surface area contributed by atoms with Gasteiger partial charge in [-0.05, 0) is 44.1 Å². The molecule has 0 saturated carbocycles. The SMILES string of the molecule is CC(=O)c1cnc(N2CCC(C(O)c3cccs3)CC2)nc1C. The van der Waals surface area contributed by atoms with Crippen molar-refractivity contribution in [2.45, 2.75) is 32.8 Å². The van der Waals surface area contributed by atoms with E-state index in [1.54, 1.807) is 17.5 Å². The first kappa shape index (κ1) is 16.1. The largest absolute Gasteiger partial charge is 0.387 e. The topological polar surface area (TPSA) is 66.3 Å². The fourth-order valence-corrected chi connectivity index (χ4v) is 3.86. The number of aryl methyl sites for hydroxylation is 1. The van der Waals surface area contributed by atoms with Crippen LogP contribution in [0.15, 0.2) is 23.7 Å². The van der Waals surface area contributed by atoms with Gasteiger partial charge in [-0.3, -0.25) is 4.79 Å². The fraction of sp³-hybridized carbons (Fsp3) is 0.471. The lowest BCUT2D eigenvalue weighted by Crippen LogP contribution is -2.36. The number of ketones is 1. The molecule has 0 spiro atoms. The minimum Gasteiger partial charge on any atom is -0.387 e. The van der Waals surface area contributed by atoms with E-state index in [1.165, 1.54) is 6.92 Å². The quantitative estimate of drug-likeness (QED) is 0.873. The van der Waals surface area contributed by atoms with E-state index in [4.69, 9.17) is 0 Å². The lowest BCUT2D eigenvalue weighted by atomic mass is 9.90. The number of rotatable bonds is 4. The zero-order chi connectivity index (χ0) is 16.4. The van der Waals surface area contributed by atoms with Crippen LogP contribution < -0.4 is 4.90 Å². The van der Waals surface area contributed by atoms with E-state index in [-0.39, 0.29) is 17.8 Å². The summed E-state index contributed by atoms with van der Waals surface area (Å²) in [4.78, 5) is 23.4. The Balaban J connectivity index is 1.65. The summed E-state index contributed by atoms with van der Waals surface area (Å²) in [5.74, 6) is 0.950. The van der Waals surface area contributed by atoms with Gasteiger partial charge in [-0.2, -0.15) is 0 Å². The normalized spacial score (nSPS) is 17.3. The Morgan fingerprint density at radius 1 is 1.43 bits per heavy atom. The summed E-state index contributed by atoms with van der Waals surface area (Å²) in [5.41, 5.74) is 1.31. The highest BCUT2D eigenvalue weighted by Crippen LogP contribution is 2.33. The summed E-state index contributed by atoms with van der Waals surface area (Å²) >= 11 is 1.61. The van der Waals surface area contributed by atoms with Crippen LogP contribution in [0.4, 0.5) is 5.95 Å². The summed E-state index contributed by atoms with van der Waals surface area (Å²) in [6.45, 7) is 5.02. The van der Waals surface area contributed by atoms with E-state index in [2.05, 4.69) is 14.9 Å². The minimum absolute atomic E-state index is 0.00757. The monoisotopic (exact) mass is 331 g/mol. The van der Waals surface area contributed by atoms with Crippen molar-refractivity contribution in [1.82, 2.24) is 9.97 Å². The van der Waals surface area contributed by atoms with Crippen LogP contribution in [0.3, 0.4) is 0 Å². The Hall–Kier alpha value is -1.79. The van der Waals surface area contributed by atoms with Crippen molar-refractivity contribution >= 4 is 23.1 Å². The number of anilines is 1. The van der Waals surface area contributed by atoms with Crippen LogP contribution >= 0.6 is 11.3 Å². The summed E-state index contributed by atoms with van der Waals surface area (Å²) in [6, 6.07) is 3.97. The maximum absolute atomic E-state index is 11.5. The van der Waals surface area contributed by atoms with Gasteiger partial charge in [0.05, 0.1) is 17.4 Å². The van der Waals surface area contributed by atoms with Gasteiger partial charge in [-0.25, -0.2) is 9.97 Å². The number of aliphatic hydroxyl groups is 1. The maximum atomic E-state index is 11.5. The molecule has 0 amide bonds. The number of hydrogen-bond acceptors (Lipinski definition) is 6. The Morgan fingerprint density at radius 2 is 2.17 bits per heavy atom. The van der Waals surface area contributed by atoms with Gasteiger partial charge in [0, 0.05) is 24.2 Å². The van der Waals surface area contributed by atoms with Gasteiger partial charge in [0.25, 0.3) is 0 Å². The van der Waals surface area contributed by atoms with Crippen molar-refractivity contribution in [3.8, 4) is 0 Å². The summed E-state index contributed by atoms with van der Waals surface area (Å²) in [5, 5.41) is 12.5. The second kappa shape index (κ2) is 6.76. The van der Waals surface area contributed by atoms with E-state index in [1.807, 2.05) is 24.4 Å². The third kappa shape index (κ3) is 3.43. The Labute approximate surface area is 140 Å². The van der Waals surface area contributed by atoms with Crippen LogP contribution in [0.5, 0.6) is 0 Å². The zero-order valence-electron chi connectivity index (χ0n) is 13.4. The molecule has 23 heavy (non-hydrogen) atoms. The molecule has 2 aromatic heterocycles. The first-order valence-electron chi connectivity index (χ1n) is 7.87. The molecule has 1 aliphatic rings. The molecule has 1 N–H and O–H groups in total. The lowest BCUT2D eigenvalue weighted by Gasteiger charge is -2.34. The van der Waals surface area contributed by atoms with Gasteiger partial charge in [0.15, 0.2) is 5.78 Å². The van der Waals surface area contributed by atoms with Crippen molar-refractivity contribution in [3.63, 3.8) is 0 Å². The first-order chi connectivity index (χ1) is 11.1. The summed E-state index contributed by atoms with van der Waals surface area (Å²) < 4.78 is 0. The molecule has 0 aromatic carbocycles. The maximum Gasteiger partial charge on any atom is 0.225 e. The molecule has 1 saturated heterocycles. The minimum atomic E-state index is -0.375. The molecule has 1 aliphatic heterocycles. The highest BCUT2D eigenvalue weighted by atomic mass is 32.1. The van der Waals surface area contributed by atoms with Crippen molar-refractivity contribution < 1.29 is 9.90 Å². The molecule has 1 unspecified atom stereocenters. The van der Waals surface area contributed by atoms with E-state index in [0.29, 0.717) is 11.5 Å². The van der Waals surface area contributed by atoms with Crippen LogP contribution in [0, 0.1) is 12.8 Å². The van der Waals surface area contributed by atoms with E-state index in [9.17, 15) is 9.90 Å². The van der Waals surface area contributed by atoms with Gasteiger partial charge in [-0.15, -0.1) is 11.3 Å². The third-order valence-corrected chi connectivity index (χ3v) is 5.39. The molecule has 6 heteroatoms. The number of Topliss-reactive ketones (excluding diaryl/α,β-unsaturated/α-hetero) is 1. The van der Waals surface area contributed by atoms with Gasteiger partial charge in [0.2, 0.25) is 5.95 Å². The number of nitrogens with zero attached hydrogens (tertiary/aromatic N) is 3. The predicted octanol–water partition coefficient (Wildman–Crippen LogP) is 3.00. The molecule has 1 fully saturated rings. The molecular weight excluding hydrogens is 310 g/mol. The van der Waals surface area contributed by atoms with Crippen LogP contribution in [-0.2, 0) is 0 Å². The molecule has 1 atom stereocenters. The smallest absolute Gasteiger partial charge is 0.225 e. The number of hydrogen-bond donors (Lipinski definition) is 1. The number of aliphatic hydroxyl groups excluding tert-OH is 1. The molecular formula is C17H21N3O2S. The number of piperidine rings is 1. The highest BCUT2D eigenvalue weighted by molar-refractivity contribution is 7.10. The molecule has 3 rings (SSSR count). The number of aromatic nitrogens is 2. The van der Waals surface area contributed by atoms with Crippen molar-refractivity contribution in [2.24, 2.45) is 5.92 Å². The van der Waals surface area contributed by atoms with Crippen LogP contribution in [0.25, 0.3) is 0 Å². The second-order valence-electron chi connectivity index (χ2n) is 6.01. The third-order valence-electron chi connectivity index (χ3n) is 4.45. The Kier molecular flexibility index (Phi) is 4.73. The molecule has 5 nitrogen and oxygen atoms in total. The Bertz CT molecular complexity index is 679. The van der Waals surface area contributed by atoms with E-state index < -0.39 is 0 Å². The highest BCUT2D eigenvalue weighted by Gasteiger charge is 2.28. The average molecular weight is 331 g/mol. The molecule has 3 heterocycles. The number of carbonyl (C=O) groups is 1. The van der Waals surface area contributed by atoms with E-state index >= 15 is 0 Å². The van der Waals surface area contributed by atoms with Gasteiger partial charge in [-0.1, -0.05) is 6.07 Å². The van der Waals surface area contributed by atoms with Crippen molar-refractivity contribution in [1.29, 1.82) is 0 Å². The zero-order valence-corrected chi connectivity index (χ0v) is 14.2. The average Bonchev–Trinajstić information content (AvgIpc) is 3.08. The lowest BCUT2D eigenvalue weighted by molar-refractivity contribution is 0.0958. The molecule has 0 bridgehead atoms. The molecule has 122 valence electrons. The number of thiophene rings is 1. The van der Waals surface area contributed by atoms with Gasteiger partial charge in [0.1, 0.15) is 0 Å². The fourth-order valence-electron chi connectivity index (χ4n) is 3.06. The molecule has 0 radical (unpaired) electrons. The number of carbonyl (C=O) groups excluding carboxylic acids is 1. The Morgan fingerprint density at radius 3 is 2.74 bits per heavy atom. The van der Waals surface area contributed by atoms with Gasteiger partial charge >= 0.3 is 0 Å². The standard InChI is InChI=1S/C17H21N3O2S/c1-11-14(12(2)21)10-18-17(19-11)20-7-5-13(6-8-20)16(22)15-4-3-9-23-15/h3-4,9-10,13,16,22H,5-8H2,1-2H3. The van der Waals surface area contributed by atoms with Crippen LogP contribution in [0.1, 0.15) is 46.8 Å². The van der Waals surface area contributed by atoms with E-state index in [0.717, 1.165) is 36.5 Å². The predicted molar refractivity (Wildman–Crippen MR) is 91.0 cm³/mol. The first-order valence-corrected chi connectivity index (χ1v) is 8.75. The second-order valence-corrected chi connectivity index (χ2v) is 6.99.